The van der Waals surface area contributed by atoms with Crippen LogP contribution in [0.25, 0.3) is 87.6 Å². The molecular formula is C51H36. The van der Waals surface area contributed by atoms with E-state index in [1.807, 2.05) is 0 Å². The number of benzene rings is 9. The highest BCUT2D eigenvalue weighted by atomic mass is 14.4. The molecule has 9 aromatic rings. The Kier molecular flexibility index (Phi) is 5.94. The fraction of sp³-hybridized carbons (Fsp3) is 0.0980. The van der Waals surface area contributed by atoms with Crippen LogP contribution in [0.5, 0.6) is 0 Å². The number of hydrogen-bond acceptors (Lipinski definition) is 0. The van der Waals surface area contributed by atoms with Gasteiger partial charge in [0.1, 0.15) is 0 Å². The predicted molar refractivity (Wildman–Crippen MR) is 218 cm³/mol. The van der Waals surface area contributed by atoms with E-state index in [2.05, 4.69) is 172 Å². The van der Waals surface area contributed by atoms with Crippen LogP contribution < -0.4 is 0 Å². The fourth-order valence-corrected chi connectivity index (χ4v) is 9.65. The van der Waals surface area contributed by atoms with E-state index < -0.39 is 0 Å². The van der Waals surface area contributed by atoms with Gasteiger partial charge in [0.15, 0.2) is 0 Å². The number of hydrogen-bond donors (Lipinski definition) is 0. The molecule has 0 nitrogen and oxygen atoms in total. The second-order valence-electron chi connectivity index (χ2n) is 15.2. The second-order valence-corrected chi connectivity index (χ2v) is 15.2. The highest BCUT2D eigenvalue weighted by Gasteiger charge is 2.35. The summed E-state index contributed by atoms with van der Waals surface area (Å²) in [6.07, 6.45) is 2.26. The van der Waals surface area contributed by atoms with Crippen molar-refractivity contribution >= 4 is 43.1 Å². The summed E-state index contributed by atoms with van der Waals surface area (Å²) < 4.78 is 0. The lowest BCUT2D eigenvalue weighted by molar-refractivity contribution is 0.660. The van der Waals surface area contributed by atoms with Gasteiger partial charge < -0.3 is 0 Å². The third kappa shape index (κ3) is 4.08. The summed E-state index contributed by atoms with van der Waals surface area (Å²) in [5.41, 5.74) is 16.2. The molecule has 0 saturated carbocycles. The number of aryl methyl sites for hydroxylation is 2. The van der Waals surface area contributed by atoms with Crippen molar-refractivity contribution in [2.75, 3.05) is 0 Å². The maximum absolute atomic E-state index is 2.50. The first-order valence-electron chi connectivity index (χ1n) is 18.3. The summed E-state index contributed by atoms with van der Waals surface area (Å²) in [5, 5.41) is 10.6. The molecule has 2 aliphatic carbocycles. The summed E-state index contributed by atoms with van der Waals surface area (Å²) in [5.74, 6) is 0. The van der Waals surface area contributed by atoms with Crippen LogP contribution in [0.4, 0.5) is 0 Å². The van der Waals surface area contributed by atoms with Gasteiger partial charge in [0.05, 0.1) is 0 Å². The van der Waals surface area contributed by atoms with Crippen LogP contribution in [0.15, 0.2) is 158 Å². The Morgan fingerprint density at radius 3 is 1.88 bits per heavy atom. The van der Waals surface area contributed by atoms with Gasteiger partial charge >= 0.3 is 0 Å². The molecule has 0 saturated heterocycles. The smallest absolute Gasteiger partial charge is 0.0159 e. The van der Waals surface area contributed by atoms with E-state index in [-0.39, 0.29) is 5.41 Å². The molecule has 0 atom stereocenters. The van der Waals surface area contributed by atoms with E-state index in [1.165, 1.54) is 110 Å². The van der Waals surface area contributed by atoms with Gasteiger partial charge in [-0.05, 0) is 141 Å². The van der Waals surface area contributed by atoms with Gasteiger partial charge in [0.25, 0.3) is 0 Å². The van der Waals surface area contributed by atoms with Crippen LogP contribution in [0.3, 0.4) is 0 Å². The van der Waals surface area contributed by atoms with Gasteiger partial charge in [-0.25, -0.2) is 0 Å². The summed E-state index contributed by atoms with van der Waals surface area (Å²) in [7, 11) is 0. The zero-order chi connectivity index (χ0) is 33.8. The van der Waals surface area contributed by atoms with Gasteiger partial charge in [-0.1, -0.05) is 153 Å². The maximum atomic E-state index is 2.50. The van der Waals surface area contributed by atoms with Crippen molar-refractivity contribution < 1.29 is 0 Å². The lowest BCUT2D eigenvalue weighted by Crippen LogP contribution is -2.14. The molecule has 0 heterocycles. The summed E-state index contributed by atoms with van der Waals surface area (Å²) in [6, 6.07) is 59.8. The summed E-state index contributed by atoms with van der Waals surface area (Å²) >= 11 is 0. The molecule has 2 aliphatic rings. The van der Waals surface area contributed by atoms with Gasteiger partial charge in [-0.3, -0.25) is 0 Å². The van der Waals surface area contributed by atoms with Crippen LogP contribution in [-0.2, 0) is 18.3 Å². The molecule has 240 valence electrons. The van der Waals surface area contributed by atoms with E-state index in [0.29, 0.717) is 0 Å². The topological polar surface area (TPSA) is 0 Å². The average Bonchev–Trinajstić information content (AvgIpc) is 3.70. The van der Waals surface area contributed by atoms with E-state index in [1.54, 1.807) is 0 Å². The van der Waals surface area contributed by atoms with Gasteiger partial charge in [-0.2, -0.15) is 0 Å². The minimum Gasteiger partial charge on any atom is -0.0619 e. The van der Waals surface area contributed by atoms with Crippen molar-refractivity contribution in [3.8, 4) is 44.5 Å². The van der Waals surface area contributed by atoms with Crippen LogP contribution in [0.2, 0.25) is 0 Å². The van der Waals surface area contributed by atoms with Gasteiger partial charge in [0, 0.05) is 5.41 Å². The largest absolute Gasteiger partial charge is 0.0619 e. The lowest BCUT2D eigenvalue weighted by atomic mass is 9.80. The van der Waals surface area contributed by atoms with Gasteiger partial charge in [0.2, 0.25) is 0 Å². The zero-order valence-electron chi connectivity index (χ0n) is 28.9. The van der Waals surface area contributed by atoms with E-state index in [0.717, 1.165) is 12.8 Å². The Morgan fingerprint density at radius 2 is 1.00 bits per heavy atom. The third-order valence-corrected chi connectivity index (χ3v) is 12.1. The van der Waals surface area contributed by atoms with Crippen molar-refractivity contribution in [3.63, 3.8) is 0 Å². The van der Waals surface area contributed by atoms with Crippen LogP contribution in [-0.4, -0.2) is 0 Å². The van der Waals surface area contributed by atoms with Gasteiger partial charge in [-0.15, -0.1) is 0 Å². The van der Waals surface area contributed by atoms with Crippen molar-refractivity contribution in [2.45, 2.75) is 32.1 Å². The number of rotatable bonds is 3. The molecule has 0 N–H and O–H groups in total. The summed E-state index contributed by atoms with van der Waals surface area (Å²) in [6.45, 7) is 4.77. The highest BCUT2D eigenvalue weighted by molar-refractivity contribution is 6.24. The maximum Gasteiger partial charge on any atom is 0.0159 e. The Hall–Kier alpha value is -5.98. The van der Waals surface area contributed by atoms with E-state index >= 15 is 0 Å². The SMILES string of the molecule is CC1(C)c2ccccc2-c2ccc(-c3c4ccccc4c(-c4ccc5c6c(cccc46)CC5)c4ccc(-c5ccc6ccccc6c5)cc34)cc21. The fourth-order valence-electron chi connectivity index (χ4n) is 9.65. The van der Waals surface area contributed by atoms with Crippen molar-refractivity contribution in [1.29, 1.82) is 0 Å². The number of fused-ring (bicyclic) bond motifs is 6. The highest BCUT2D eigenvalue weighted by Crippen LogP contribution is 2.52. The van der Waals surface area contributed by atoms with E-state index in [9.17, 15) is 0 Å². The Bertz CT molecular complexity index is 2930. The predicted octanol–water partition coefficient (Wildman–Crippen LogP) is 13.7. The van der Waals surface area contributed by atoms with Crippen LogP contribution >= 0.6 is 0 Å². The lowest BCUT2D eigenvalue weighted by Gasteiger charge is -2.23. The molecule has 0 spiro atoms. The molecule has 9 aromatic carbocycles. The Labute approximate surface area is 298 Å². The third-order valence-electron chi connectivity index (χ3n) is 12.1. The molecule has 0 radical (unpaired) electrons. The molecular weight excluding hydrogens is 613 g/mol. The Balaban J connectivity index is 1.25. The summed E-state index contributed by atoms with van der Waals surface area (Å²) in [4.78, 5) is 0. The standard InChI is InChI=1S/C51H36/c1-51(2)46-17-8-7-13-38(46)39-25-24-37(30-47(39)51)49-41-14-5-6-15-42(41)50(43-26-22-33-20-19-32-12-9-16-40(43)48(32)33)44-27-23-36(29-45(44)49)35-21-18-31-10-3-4-11-34(31)28-35/h3-18,21-30H,19-20H2,1-2H3. The first-order chi connectivity index (χ1) is 25.0. The molecule has 0 aliphatic heterocycles. The normalized spacial score (nSPS) is 14.1. The first kappa shape index (κ1) is 28.8. The molecule has 0 heteroatoms. The van der Waals surface area contributed by atoms with Crippen LogP contribution in [0.1, 0.15) is 36.1 Å². The second kappa shape index (κ2) is 10.5. The average molecular weight is 649 g/mol. The zero-order valence-corrected chi connectivity index (χ0v) is 28.9. The minimum atomic E-state index is -0.0750. The first-order valence-corrected chi connectivity index (χ1v) is 18.3. The quantitative estimate of drug-likeness (QED) is 0.167. The monoisotopic (exact) mass is 648 g/mol. The Morgan fingerprint density at radius 1 is 0.373 bits per heavy atom. The van der Waals surface area contributed by atoms with Crippen molar-refractivity contribution in [3.05, 3.63) is 180 Å². The van der Waals surface area contributed by atoms with Crippen molar-refractivity contribution in [2.24, 2.45) is 0 Å². The molecule has 0 aromatic heterocycles. The molecule has 0 unspecified atom stereocenters. The molecule has 11 rings (SSSR count). The van der Waals surface area contributed by atoms with E-state index in [4.69, 9.17) is 0 Å². The molecule has 51 heavy (non-hydrogen) atoms. The molecule has 0 amide bonds. The molecule has 0 bridgehead atoms. The van der Waals surface area contributed by atoms with Crippen LogP contribution in [0, 0.1) is 0 Å². The minimum absolute atomic E-state index is 0.0750. The van der Waals surface area contributed by atoms with Crippen molar-refractivity contribution in [1.82, 2.24) is 0 Å². The molecule has 0 fully saturated rings.